The molecule has 0 spiro atoms. The summed E-state index contributed by atoms with van der Waals surface area (Å²) in [5, 5.41) is 3.58. The number of nitrogens with zero attached hydrogens (tertiary/aromatic N) is 1. The first-order valence-corrected chi connectivity index (χ1v) is 9.70. The second-order valence-electron chi connectivity index (χ2n) is 6.00. The third-order valence-electron chi connectivity index (χ3n) is 4.37. The lowest BCUT2D eigenvalue weighted by atomic mass is 10.0. The molecule has 3 aromatic rings. The molecule has 26 heavy (non-hydrogen) atoms. The van der Waals surface area contributed by atoms with E-state index in [1.165, 1.54) is 0 Å². The maximum Gasteiger partial charge on any atom is 0.0952 e. The van der Waals surface area contributed by atoms with Crippen molar-refractivity contribution in [2.45, 2.75) is 6.04 Å². The molecule has 4 rings (SSSR count). The van der Waals surface area contributed by atoms with Crippen LogP contribution in [0.1, 0.15) is 11.6 Å². The summed E-state index contributed by atoms with van der Waals surface area (Å²) in [6.45, 7) is 0. The molecule has 1 aliphatic heterocycles. The second kappa shape index (κ2) is 7.36. The van der Waals surface area contributed by atoms with E-state index >= 15 is 0 Å². The number of halogens is 3. The molecule has 0 bridgehead atoms. The highest BCUT2D eigenvalue weighted by Crippen LogP contribution is 2.40. The van der Waals surface area contributed by atoms with E-state index in [0.717, 1.165) is 31.9 Å². The molecule has 0 saturated carbocycles. The highest BCUT2D eigenvalue weighted by Gasteiger charge is 2.24. The molecule has 1 aliphatic rings. The second-order valence-corrected chi connectivity index (χ2v) is 7.76. The summed E-state index contributed by atoms with van der Waals surface area (Å²) in [6, 6.07) is 22.2. The van der Waals surface area contributed by atoms with Crippen LogP contribution < -0.4 is 10.4 Å². The summed E-state index contributed by atoms with van der Waals surface area (Å²) < 4.78 is 0.962. The fourth-order valence-electron chi connectivity index (χ4n) is 3.14. The van der Waals surface area contributed by atoms with Gasteiger partial charge in [0.25, 0.3) is 0 Å². The van der Waals surface area contributed by atoms with Crippen molar-refractivity contribution in [1.29, 1.82) is 0 Å². The third-order valence-corrected chi connectivity index (χ3v) is 5.42. The van der Waals surface area contributed by atoms with Gasteiger partial charge in [0.05, 0.1) is 11.7 Å². The smallest absolute Gasteiger partial charge is 0.0952 e. The average molecular weight is 446 g/mol. The van der Waals surface area contributed by atoms with E-state index in [4.69, 9.17) is 23.2 Å². The molecular formula is C21H15BrCl2N2. The molecule has 1 heterocycles. The number of nitrogens with one attached hydrogen (secondary N) is 1. The van der Waals surface area contributed by atoms with E-state index in [-0.39, 0.29) is 6.04 Å². The fourth-order valence-corrected chi connectivity index (χ4v) is 4.04. The predicted octanol–water partition coefficient (Wildman–Crippen LogP) is 7.00. The third kappa shape index (κ3) is 3.35. The zero-order valence-electron chi connectivity index (χ0n) is 13.7. The first kappa shape index (κ1) is 17.5. The maximum absolute atomic E-state index is 6.51. The number of benzene rings is 3. The Balaban J connectivity index is 1.77. The average Bonchev–Trinajstić information content (AvgIpc) is 3.12. The molecule has 5 heteroatoms. The lowest BCUT2D eigenvalue weighted by molar-refractivity contribution is 0.719. The zero-order valence-corrected chi connectivity index (χ0v) is 16.8. The molecule has 0 saturated heterocycles. The zero-order chi connectivity index (χ0) is 18.1. The van der Waals surface area contributed by atoms with Crippen molar-refractivity contribution < 1.29 is 0 Å². The molecule has 0 fully saturated rings. The van der Waals surface area contributed by atoms with Crippen molar-refractivity contribution in [3.63, 3.8) is 0 Å². The van der Waals surface area contributed by atoms with E-state index in [1.807, 2.05) is 60.8 Å². The monoisotopic (exact) mass is 444 g/mol. The summed E-state index contributed by atoms with van der Waals surface area (Å²) in [5.74, 6) is 0. The molecule has 0 radical (unpaired) electrons. The van der Waals surface area contributed by atoms with Gasteiger partial charge in [0, 0.05) is 31.8 Å². The minimum Gasteiger partial charge on any atom is -0.305 e. The Morgan fingerprint density at radius 2 is 1.65 bits per heavy atom. The molecular weight excluding hydrogens is 431 g/mol. The summed E-state index contributed by atoms with van der Waals surface area (Å²) in [6.07, 6.45) is 4.09. The number of para-hydroxylation sites is 1. The van der Waals surface area contributed by atoms with Crippen LogP contribution in [0.3, 0.4) is 0 Å². The Morgan fingerprint density at radius 1 is 0.885 bits per heavy atom. The van der Waals surface area contributed by atoms with Gasteiger partial charge >= 0.3 is 0 Å². The fraction of sp³-hybridized carbons (Fsp3) is 0.0476. The Bertz CT molecular complexity index is 970. The summed E-state index contributed by atoms with van der Waals surface area (Å²) in [4.78, 5) is 0. The summed E-state index contributed by atoms with van der Waals surface area (Å²) in [7, 11) is 0. The van der Waals surface area contributed by atoms with Crippen LogP contribution in [0, 0.1) is 0 Å². The van der Waals surface area contributed by atoms with Gasteiger partial charge in [-0.05, 0) is 42.0 Å². The van der Waals surface area contributed by atoms with Gasteiger partial charge < -0.3 is 5.43 Å². The molecule has 1 N–H and O–H groups in total. The topological polar surface area (TPSA) is 15.3 Å². The van der Waals surface area contributed by atoms with Gasteiger partial charge in [-0.25, -0.2) is 0 Å². The minimum atomic E-state index is 0.0719. The largest absolute Gasteiger partial charge is 0.305 e. The number of anilines is 1. The van der Waals surface area contributed by atoms with E-state index < -0.39 is 0 Å². The van der Waals surface area contributed by atoms with Crippen LogP contribution in [0.2, 0.25) is 10.0 Å². The quantitative estimate of drug-likeness (QED) is 0.466. The standard InChI is InChI=1S/C21H15BrCl2N2/c22-15-7-10-17(19(24)13-15)18-3-1-2-4-21(18)26-20(11-12-25-26)14-5-8-16(23)9-6-14/h1-13,20,25H. The van der Waals surface area contributed by atoms with Crippen molar-refractivity contribution in [1.82, 2.24) is 5.43 Å². The van der Waals surface area contributed by atoms with Crippen molar-refractivity contribution in [2.75, 3.05) is 5.01 Å². The highest BCUT2D eigenvalue weighted by atomic mass is 79.9. The molecule has 0 aliphatic carbocycles. The van der Waals surface area contributed by atoms with Crippen LogP contribution in [0.5, 0.6) is 0 Å². The molecule has 2 nitrogen and oxygen atoms in total. The first-order valence-electron chi connectivity index (χ1n) is 8.15. The Labute approximate surface area is 171 Å². The van der Waals surface area contributed by atoms with E-state index in [2.05, 4.69) is 44.6 Å². The Hall–Kier alpha value is -1.94. The van der Waals surface area contributed by atoms with Crippen LogP contribution in [0.25, 0.3) is 11.1 Å². The van der Waals surface area contributed by atoms with Crippen molar-refractivity contribution >= 4 is 44.8 Å². The van der Waals surface area contributed by atoms with Gasteiger partial charge in [-0.3, -0.25) is 5.01 Å². The predicted molar refractivity (Wildman–Crippen MR) is 114 cm³/mol. The van der Waals surface area contributed by atoms with Crippen molar-refractivity contribution in [3.8, 4) is 11.1 Å². The van der Waals surface area contributed by atoms with Gasteiger partial charge in [-0.15, -0.1) is 0 Å². The molecule has 1 atom stereocenters. The van der Waals surface area contributed by atoms with Gasteiger partial charge in [0.15, 0.2) is 0 Å². The van der Waals surface area contributed by atoms with Gasteiger partial charge in [-0.1, -0.05) is 75.5 Å². The van der Waals surface area contributed by atoms with Crippen molar-refractivity contribution in [3.05, 3.63) is 99.1 Å². The lowest BCUT2D eigenvalue weighted by Crippen LogP contribution is -2.32. The SMILES string of the molecule is Clc1ccc(C2C=CNN2c2ccccc2-c2ccc(Br)cc2Cl)cc1. The van der Waals surface area contributed by atoms with E-state index in [0.29, 0.717) is 5.02 Å². The van der Waals surface area contributed by atoms with Crippen LogP contribution in [0.4, 0.5) is 5.69 Å². The molecule has 3 aromatic carbocycles. The number of rotatable bonds is 3. The van der Waals surface area contributed by atoms with Crippen LogP contribution in [-0.4, -0.2) is 0 Å². The highest BCUT2D eigenvalue weighted by molar-refractivity contribution is 9.10. The summed E-state index contributed by atoms with van der Waals surface area (Å²) >= 11 is 16.0. The molecule has 1 unspecified atom stereocenters. The van der Waals surface area contributed by atoms with Gasteiger partial charge in [-0.2, -0.15) is 0 Å². The van der Waals surface area contributed by atoms with Gasteiger partial charge in [0.2, 0.25) is 0 Å². The molecule has 0 amide bonds. The maximum atomic E-state index is 6.51. The Morgan fingerprint density at radius 3 is 2.42 bits per heavy atom. The van der Waals surface area contributed by atoms with E-state index in [9.17, 15) is 0 Å². The Kier molecular flexibility index (Phi) is 4.94. The minimum absolute atomic E-state index is 0.0719. The molecule has 130 valence electrons. The lowest BCUT2D eigenvalue weighted by Gasteiger charge is -2.29. The van der Waals surface area contributed by atoms with E-state index in [1.54, 1.807) is 0 Å². The molecule has 0 aromatic heterocycles. The van der Waals surface area contributed by atoms with Crippen LogP contribution in [-0.2, 0) is 0 Å². The number of hydrogen-bond acceptors (Lipinski definition) is 2. The number of hydrazine groups is 1. The van der Waals surface area contributed by atoms with Gasteiger partial charge in [0.1, 0.15) is 0 Å². The first-order chi connectivity index (χ1) is 12.6. The summed E-state index contributed by atoms with van der Waals surface area (Å²) in [5.41, 5.74) is 7.63. The van der Waals surface area contributed by atoms with Crippen LogP contribution in [0.15, 0.2) is 83.5 Å². The number of hydrogen-bond donors (Lipinski definition) is 1. The van der Waals surface area contributed by atoms with Crippen molar-refractivity contribution in [2.24, 2.45) is 0 Å². The normalized spacial score (nSPS) is 16.0. The van der Waals surface area contributed by atoms with Crippen LogP contribution >= 0.6 is 39.1 Å².